The van der Waals surface area contributed by atoms with Gasteiger partial charge >= 0.3 is 5.97 Å². The maximum Gasteiger partial charge on any atom is 0.338 e. The number of carbonyl (C=O) groups is 3. The Morgan fingerprint density at radius 2 is 1.74 bits per heavy atom. The molecule has 0 spiro atoms. The fraction of sp³-hybridized carbons (Fsp3) is 0.179. The van der Waals surface area contributed by atoms with E-state index in [1.54, 1.807) is 68.8 Å². The monoisotopic (exact) mass is 546 g/mol. The number of benzene rings is 3. The predicted molar refractivity (Wildman–Crippen MR) is 151 cm³/mol. The lowest BCUT2D eigenvalue weighted by Gasteiger charge is -2.16. The van der Waals surface area contributed by atoms with E-state index in [-0.39, 0.29) is 30.6 Å². The zero-order valence-corrected chi connectivity index (χ0v) is 22.1. The van der Waals surface area contributed by atoms with Crippen molar-refractivity contribution in [2.45, 2.75) is 18.6 Å². The third-order valence-electron chi connectivity index (χ3n) is 5.56. The van der Waals surface area contributed by atoms with Crippen LogP contribution in [0.5, 0.6) is 11.5 Å². The van der Waals surface area contributed by atoms with E-state index in [1.807, 2.05) is 12.1 Å². The van der Waals surface area contributed by atoms with E-state index in [1.165, 1.54) is 17.0 Å². The molecule has 0 aliphatic carbocycles. The number of nitrogens with one attached hydrogen (secondary N) is 1. The Hall–Kier alpha value is -4.64. The Kier molecular flexibility index (Phi) is 8.95. The quantitative estimate of drug-likeness (QED) is 0.230. The van der Waals surface area contributed by atoms with Gasteiger partial charge in [-0.3, -0.25) is 14.5 Å². The third kappa shape index (κ3) is 7.02. The Labute approximate surface area is 229 Å². The van der Waals surface area contributed by atoms with Gasteiger partial charge in [-0.15, -0.1) is 5.10 Å². The van der Waals surface area contributed by atoms with Gasteiger partial charge in [0.05, 0.1) is 31.2 Å². The van der Waals surface area contributed by atoms with E-state index < -0.39 is 11.2 Å². The van der Waals surface area contributed by atoms with E-state index in [9.17, 15) is 19.5 Å². The first-order chi connectivity index (χ1) is 18.9. The highest BCUT2D eigenvalue weighted by Gasteiger charge is 2.40. The lowest BCUT2D eigenvalue weighted by molar-refractivity contribution is -0.121. The Morgan fingerprint density at radius 3 is 2.38 bits per heavy atom. The lowest BCUT2D eigenvalue weighted by atomic mass is 10.2. The Morgan fingerprint density at radius 1 is 1.05 bits per heavy atom. The number of carbonyl (C=O) groups excluding carboxylic acids is 3. The standard InChI is InChI=1S/C28H26N4O6S/c1-3-38-27(36)19-6-8-20(9-7-19)30-25(34)16-24-26(35)32(21-10-12-22(33)13-11-21)28(39-24)31-29-17-18-4-14-23(37-2)15-5-18/h4-15,17,24,33H,3,16H2,1-2H3,(H,30,34)/b29-17+,31-28+. The number of amides is 2. The number of phenols is 1. The van der Waals surface area contributed by atoms with Gasteiger partial charge in [0.1, 0.15) is 16.7 Å². The number of aromatic hydroxyl groups is 1. The smallest absolute Gasteiger partial charge is 0.338 e. The average molecular weight is 547 g/mol. The minimum absolute atomic E-state index is 0.0546. The second kappa shape index (κ2) is 12.7. The topological polar surface area (TPSA) is 130 Å². The van der Waals surface area contributed by atoms with Crippen LogP contribution >= 0.6 is 11.8 Å². The molecule has 39 heavy (non-hydrogen) atoms. The summed E-state index contributed by atoms with van der Waals surface area (Å²) in [5, 5.41) is 20.4. The van der Waals surface area contributed by atoms with Gasteiger partial charge in [-0.05, 0) is 85.3 Å². The molecule has 1 atom stereocenters. The molecule has 2 amide bonds. The van der Waals surface area contributed by atoms with E-state index >= 15 is 0 Å². The van der Waals surface area contributed by atoms with Crippen LogP contribution in [0.15, 0.2) is 83.0 Å². The van der Waals surface area contributed by atoms with Crippen LogP contribution in [0.2, 0.25) is 0 Å². The number of anilines is 2. The van der Waals surface area contributed by atoms with Crippen molar-refractivity contribution in [3.05, 3.63) is 83.9 Å². The molecule has 1 aliphatic rings. The maximum atomic E-state index is 13.3. The largest absolute Gasteiger partial charge is 0.508 e. The highest BCUT2D eigenvalue weighted by atomic mass is 32.2. The molecular weight excluding hydrogens is 520 g/mol. The van der Waals surface area contributed by atoms with Gasteiger partial charge in [-0.2, -0.15) is 5.10 Å². The van der Waals surface area contributed by atoms with Crippen molar-refractivity contribution >= 4 is 52.3 Å². The number of rotatable bonds is 9. The van der Waals surface area contributed by atoms with Gasteiger partial charge < -0.3 is 19.9 Å². The number of thioether (sulfide) groups is 1. The molecule has 0 bridgehead atoms. The van der Waals surface area contributed by atoms with Crippen molar-refractivity contribution in [3.63, 3.8) is 0 Å². The van der Waals surface area contributed by atoms with Crippen LogP contribution in [0.4, 0.5) is 11.4 Å². The summed E-state index contributed by atoms with van der Waals surface area (Å²) in [6.07, 6.45) is 1.44. The van der Waals surface area contributed by atoms with E-state index in [0.29, 0.717) is 27.9 Å². The van der Waals surface area contributed by atoms with Crippen molar-refractivity contribution in [3.8, 4) is 11.5 Å². The highest BCUT2D eigenvalue weighted by molar-refractivity contribution is 8.16. The summed E-state index contributed by atoms with van der Waals surface area (Å²) in [5.41, 5.74) is 2.13. The van der Waals surface area contributed by atoms with Crippen LogP contribution in [-0.2, 0) is 14.3 Å². The Bertz CT molecular complexity index is 1390. The fourth-order valence-corrected chi connectivity index (χ4v) is 4.72. The van der Waals surface area contributed by atoms with Gasteiger partial charge in [0.15, 0.2) is 5.17 Å². The van der Waals surface area contributed by atoms with Gasteiger partial charge in [0.25, 0.3) is 0 Å². The molecular formula is C28H26N4O6S. The van der Waals surface area contributed by atoms with Gasteiger partial charge in [-0.1, -0.05) is 11.8 Å². The van der Waals surface area contributed by atoms with E-state index in [4.69, 9.17) is 9.47 Å². The van der Waals surface area contributed by atoms with Crippen molar-refractivity contribution in [1.29, 1.82) is 0 Å². The zero-order chi connectivity index (χ0) is 27.8. The van der Waals surface area contributed by atoms with Gasteiger partial charge in [0.2, 0.25) is 11.8 Å². The first-order valence-corrected chi connectivity index (χ1v) is 12.9. The molecule has 200 valence electrons. The summed E-state index contributed by atoms with van der Waals surface area (Å²) in [4.78, 5) is 39.3. The molecule has 1 heterocycles. The molecule has 3 aromatic carbocycles. The number of phenolic OH excluding ortho intramolecular Hbond substituents is 1. The molecule has 2 N–H and O–H groups in total. The minimum atomic E-state index is -0.743. The number of nitrogens with zero attached hydrogens (tertiary/aromatic N) is 3. The minimum Gasteiger partial charge on any atom is -0.508 e. The predicted octanol–water partition coefficient (Wildman–Crippen LogP) is 4.44. The molecule has 1 unspecified atom stereocenters. The number of hydrogen-bond donors (Lipinski definition) is 2. The van der Waals surface area contributed by atoms with Crippen molar-refractivity contribution < 1.29 is 29.0 Å². The number of ether oxygens (including phenoxy) is 2. The zero-order valence-electron chi connectivity index (χ0n) is 21.2. The van der Waals surface area contributed by atoms with Crippen LogP contribution in [0, 0.1) is 0 Å². The second-order valence-electron chi connectivity index (χ2n) is 8.25. The van der Waals surface area contributed by atoms with Crippen LogP contribution < -0.4 is 15.0 Å². The average Bonchev–Trinajstić information content (AvgIpc) is 3.24. The van der Waals surface area contributed by atoms with Crippen molar-refractivity contribution in [1.82, 2.24) is 0 Å². The van der Waals surface area contributed by atoms with Crippen LogP contribution in [0.25, 0.3) is 0 Å². The second-order valence-corrected chi connectivity index (χ2v) is 9.42. The summed E-state index contributed by atoms with van der Waals surface area (Å²) in [6, 6.07) is 19.6. The number of hydrogen-bond acceptors (Lipinski definition) is 9. The molecule has 0 aromatic heterocycles. The molecule has 0 saturated carbocycles. The molecule has 1 fully saturated rings. The lowest BCUT2D eigenvalue weighted by Crippen LogP contribution is -2.33. The molecule has 11 heteroatoms. The van der Waals surface area contributed by atoms with Crippen molar-refractivity contribution in [2.24, 2.45) is 10.2 Å². The number of methoxy groups -OCH3 is 1. The van der Waals surface area contributed by atoms with Gasteiger partial charge in [-0.25, -0.2) is 4.79 Å². The highest BCUT2D eigenvalue weighted by Crippen LogP contribution is 2.34. The maximum absolute atomic E-state index is 13.3. The summed E-state index contributed by atoms with van der Waals surface area (Å²) in [5.74, 6) is -0.390. The number of amidine groups is 1. The number of esters is 1. The molecule has 3 aromatic rings. The fourth-order valence-electron chi connectivity index (χ4n) is 3.62. The van der Waals surface area contributed by atoms with Gasteiger partial charge in [0, 0.05) is 12.1 Å². The third-order valence-corrected chi connectivity index (χ3v) is 6.69. The summed E-state index contributed by atoms with van der Waals surface area (Å²) < 4.78 is 10.1. The Balaban J connectivity index is 1.48. The normalized spacial score (nSPS) is 16.1. The summed E-state index contributed by atoms with van der Waals surface area (Å²) in [6.45, 7) is 1.99. The first kappa shape index (κ1) is 27.4. The van der Waals surface area contributed by atoms with Crippen LogP contribution in [0.1, 0.15) is 29.3 Å². The molecule has 0 radical (unpaired) electrons. The van der Waals surface area contributed by atoms with Crippen LogP contribution in [-0.4, -0.2) is 53.2 Å². The molecule has 1 saturated heterocycles. The molecule has 4 rings (SSSR count). The SMILES string of the molecule is CCOC(=O)c1ccc(NC(=O)CC2S/C(=N/N=C/c3ccc(OC)cc3)N(c3ccc(O)cc3)C2=O)cc1. The molecule has 1 aliphatic heterocycles. The first-order valence-electron chi connectivity index (χ1n) is 12.0. The summed E-state index contributed by atoms with van der Waals surface area (Å²) >= 11 is 1.13. The van der Waals surface area contributed by atoms with Crippen molar-refractivity contribution in [2.75, 3.05) is 23.9 Å². The summed E-state index contributed by atoms with van der Waals surface area (Å²) in [7, 11) is 1.58. The van der Waals surface area contributed by atoms with Crippen LogP contribution in [0.3, 0.4) is 0 Å². The molecule has 10 nitrogen and oxygen atoms in total. The van der Waals surface area contributed by atoms with E-state index in [0.717, 1.165) is 17.3 Å². The van der Waals surface area contributed by atoms with E-state index in [2.05, 4.69) is 15.5 Å².